The summed E-state index contributed by atoms with van der Waals surface area (Å²) in [7, 11) is 0. The Morgan fingerprint density at radius 1 is 1.19 bits per heavy atom. The molecule has 8 heteroatoms. The van der Waals surface area contributed by atoms with Crippen LogP contribution in [0.4, 0.5) is 11.5 Å². The fourth-order valence-corrected chi connectivity index (χ4v) is 3.99. The number of amides is 2. The molecule has 3 aromatic rings. The Labute approximate surface area is 179 Å². The first-order valence-corrected chi connectivity index (χ1v) is 10.2. The van der Waals surface area contributed by atoms with E-state index in [1.807, 2.05) is 18.2 Å². The molecule has 0 bridgehead atoms. The minimum absolute atomic E-state index is 0.160. The zero-order valence-electron chi connectivity index (χ0n) is 17.0. The molecule has 0 spiro atoms. The summed E-state index contributed by atoms with van der Waals surface area (Å²) in [4.78, 5) is 31.5. The molecule has 0 radical (unpaired) electrons. The van der Waals surface area contributed by atoms with Crippen LogP contribution in [-0.4, -0.2) is 45.4 Å². The van der Waals surface area contributed by atoms with Crippen molar-refractivity contribution in [2.24, 2.45) is 5.73 Å². The van der Waals surface area contributed by atoms with Gasteiger partial charge in [-0.05, 0) is 66.6 Å². The van der Waals surface area contributed by atoms with Gasteiger partial charge in [0.1, 0.15) is 17.6 Å². The summed E-state index contributed by atoms with van der Waals surface area (Å²) < 4.78 is 0. The number of benzene rings is 2. The minimum atomic E-state index is -0.755. The predicted octanol–water partition coefficient (Wildman–Crippen LogP) is 2.02. The summed E-state index contributed by atoms with van der Waals surface area (Å²) in [5, 5.41) is 14.0. The molecule has 0 saturated carbocycles. The van der Waals surface area contributed by atoms with Gasteiger partial charge in [0.2, 0.25) is 11.8 Å². The molecule has 1 fully saturated rings. The summed E-state index contributed by atoms with van der Waals surface area (Å²) in [6.45, 7) is 0.500. The van der Waals surface area contributed by atoms with Crippen molar-refractivity contribution in [1.82, 2.24) is 9.88 Å². The maximum atomic E-state index is 12.9. The van der Waals surface area contributed by atoms with Crippen LogP contribution in [0.5, 0.6) is 5.75 Å². The van der Waals surface area contributed by atoms with Gasteiger partial charge in [0.25, 0.3) is 0 Å². The van der Waals surface area contributed by atoms with Crippen LogP contribution >= 0.6 is 0 Å². The topological polar surface area (TPSA) is 135 Å². The second-order valence-electron chi connectivity index (χ2n) is 7.79. The summed E-state index contributed by atoms with van der Waals surface area (Å²) in [5.41, 5.74) is 13.5. The second-order valence-corrected chi connectivity index (χ2v) is 7.79. The molecule has 1 aromatic heterocycles. The van der Waals surface area contributed by atoms with E-state index in [4.69, 9.17) is 11.5 Å². The third-order valence-electron chi connectivity index (χ3n) is 5.61. The van der Waals surface area contributed by atoms with Crippen molar-refractivity contribution in [2.45, 2.75) is 31.3 Å². The molecule has 1 aliphatic heterocycles. The van der Waals surface area contributed by atoms with E-state index < -0.39 is 12.1 Å². The van der Waals surface area contributed by atoms with Gasteiger partial charge in [0.15, 0.2) is 0 Å². The molecule has 6 N–H and O–H groups in total. The highest BCUT2D eigenvalue weighted by atomic mass is 16.3. The highest BCUT2D eigenvalue weighted by molar-refractivity contribution is 6.00. The van der Waals surface area contributed by atoms with Crippen molar-refractivity contribution < 1.29 is 14.7 Å². The largest absolute Gasteiger partial charge is 0.508 e. The number of nitrogens with two attached hydrogens (primary N) is 2. The monoisotopic (exact) mass is 419 g/mol. The normalized spacial score (nSPS) is 16.9. The smallest absolute Gasteiger partial charge is 0.247 e. The number of aromatic nitrogens is 1. The van der Waals surface area contributed by atoms with E-state index in [-0.39, 0.29) is 17.6 Å². The predicted molar refractivity (Wildman–Crippen MR) is 119 cm³/mol. The number of aromatic hydroxyl groups is 1. The highest BCUT2D eigenvalue weighted by Gasteiger charge is 2.36. The molecule has 31 heavy (non-hydrogen) atoms. The first-order chi connectivity index (χ1) is 14.9. The number of nitrogens with one attached hydrogen (secondary N) is 1. The number of nitrogen functional groups attached to an aromatic ring is 1. The maximum Gasteiger partial charge on any atom is 0.247 e. The molecule has 2 atom stereocenters. The van der Waals surface area contributed by atoms with E-state index in [2.05, 4.69) is 10.3 Å². The number of pyridine rings is 1. The number of likely N-dealkylation sites (tertiary alicyclic amines) is 1. The summed E-state index contributed by atoms with van der Waals surface area (Å²) in [6.07, 6.45) is 3.30. The zero-order chi connectivity index (χ0) is 22.0. The molecule has 1 saturated heterocycles. The lowest BCUT2D eigenvalue weighted by Crippen LogP contribution is -2.50. The molecular formula is C23H25N5O3. The average Bonchev–Trinajstić information content (AvgIpc) is 3.25. The number of anilines is 2. The van der Waals surface area contributed by atoms with Crippen LogP contribution in [0.1, 0.15) is 18.4 Å². The molecule has 1 unspecified atom stereocenters. The Kier molecular flexibility index (Phi) is 5.73. The van der Waals surface area contributed by atoms with E-state index in [0.717, 1.165) is 22.8 Å². The van der Waals surface area contributed by atoms with E-state index >= 15 is 0 Å². The van der Waals surface area contributed by atoms with Crippen LogP contribution in [0.3, 0.4) is 0 Å². The van der Waals surface area contributed by atoms with Crippen LogP contribution < -0.4 is 16.8 Å². The van der Waals surface area contributed by atoms with Crippen molar-refractivity contribution >= 4 is 34.1 Å². The molecule has 160 valence electrons. The van der Waals surface area contributed by atoms with Gasteiger partial charge in [-0.15, -0.1) is 0 Å². The van der Waals surface area contributed by atoms with Crippen LogP contribution in [0, 0.1) is 0 Å². The molecule has 2 heterocycles. The summed E-state index contributed by atoms with van der Waals surface area (Å²) >= 11 is 0. The van der Waals surface area contributed by atoms with Gasteiger partial charge in [-0.3, -0.25) is 9.59 Å². The first kappa shape index (κ1) is 20.6. The van der Waals surface area contributed by atoms with Gasteiger partial charge >= 0.3 is 0 Å². The van der Waals surface area contributed by atoms with E-state index in [1.165, 1.54) is 0 Å². The first-order valence-electron chi connectivity index (χ1n) is 10.2. The number of rotatable bonds is 5. The second kappa shape index (κ2) is 8.61. The van der Waals surface area contributed by atoms with Gasteiger partial charge in [0.05, 0.1) is 6.04 Å². The number of phenolic OH excluding ortho intramolecular Hbond substituents is 1. The van der Waals surface area contributed by atoms with Crippen LogP contribution in [0.15, 0.2) is 54.7 Å². The lowest BCUT2D eigenvalue weighted by Gasteiger charge is -2.27. The third kappa shape index (κ3) is 4.44. The highest BCUT2D eigenvalue weighted by Crippen LogP contribution is 2.25. The number of hydrogen-bond donors (Lipinski definition) is 4. The Morgan fingerprint density at radius 3 is 2.74 bits per heavy atom. The summed E-state index contributed by atoms with van der Waals surface area (Å²) in [5.74, 6) is 0.116. The lowest BCUT2D eigenvalue weighted by molar-refractivity contribution is -0.137. The Bertz CT molecular complexity index is 1120. The molecule has 4 rings (SSSR count). The third-order valence-corrected chi connectivity index (χ3v) is 5.61. The maximum absolute atomic E-state index is 12.9. The van der Waals surface area contributed by atoms with Crippen molar-refractivity contribution in [3.05, 3.63) is 60.3 Å². The van der Waals surface area contributed by atoms with E-state index in [1.54, 1.807) is 41.4 Å². The van der Waals surface area contributed by atoms with Crippen LogP contribution in [0.25, 0.3) is 10.8 Å². The fraction of sp³-hybridized carbons (Fsp3) is 0.261. The number of carbonyl (C=O) groups excluding carboxylic acids is 2. The molecule has 8 nitrogen and oxygen atoms in total. The minimum Gasteiger partial charge on any atom is -0.508 e. The van der Waals surface area contributed by atoms with Crippen molar-refractivity contribution in [3.8, 4) is 5.75 Å². The standard InChI is InChI=1S/C23H25N5O3/c24-19(12-14-3-6-17(29)7-4-14)23(31)28-11-1-2-20(28)22(30)27-16-5-8-18-15(13-16)9-10-26-21(18)25/h3-10,13,19-20,29H,1-2,11-12,24H2,(H2,25,26)(H,27,30)/t19?,20-/m0/s1. The molecule has 0 aliphatic carbocycles. The van der Waals surface area contributed by atoms with E-state index in [9.17, 15) is 14.7 Å². The van der Waals surface area contributed by atoms with Gasteiger partial charge in [-0.25, -0.2) is 4.98 Å². The SMILES string of the molecule is Nc1nccc2cc(NC(=O)[C@@H]3CCCN3C(=O)C(N)Cc3ccc(O)cc3)ccc12. The quantitative estimate of drug-likeness (QED) is 0.500. The molecular weight excluding hydrogens is 394 g/mol. The molecule has 2 amide bonds. The molecule has 2 aromatic carbocycles. The van der Waals surface area contributed by atoms with Crippen molar-refractivity contribution in [2.75, 3.05) is 17.6 Å². The number of carbonyl (C=O) groups is 2. The van der Waals surface area contributed by atoms with Gasteiger partial charge in [-0.2, -0.15) is 0 Å². The fourth-order valence-electron chi connectivity index (χ4n) is 3.99. The number of phenols is 1. The van der Waals surface area contributed by atoms with Crippen molar-refractivity contribution in [1.29, 1.82) is 0 Å². The average molecular weight is 419 g/mol. The van der Waals surface area contributed by atoms with Crippen LogP contribution in [-0.2, 0) is 16.0 Å². The summed E-state index contributed by atoms with van der Waals surface area (Å²) in [6, 6.07) is 12.5. The van der Waals surface area contributed by atoms with Crippen LogP contribution in [0.2, 0.25) is 0 Å². The number of nitrogens with zero attached hydrogens (tertiary/aromatic N) is 2. The van der Waals surface area contributed by atoms with Gasteiger partial charge in [0, 0.05) is 23.8 Å². The molecule has 1 aliphatic rings. The van der Waals surface area contributed by atoms with Crippen molar-refractivity contribution in [3.63, 3.8) is 0 Å². The number of fused-ring (bicyclic) bond motifs is 1. The Morgan fingerprint density at radius 2 is 1.97 bits per heavy atom. The Balaban J connectivity index is 1.44. The number of hydrogen-bond acceptors (Lipinski definition) is 6. The van der Waals surface area contributed by atoms with E-state index in [0.29, 0.717) is 30.9 Å². The van der Waals surface area contributed by atoms with Gasteiger partial charge in [-0.1, -0.05) is 12.1 Å². The zero-order valence-corrected chi connectivity index (χ0v) is 17.0. The Hall–Kier alpha value is -3.65. The van der Waals surface area contributed by atoms with Gasteiger partial charge < -0.3 is 26.8 Å². The lowest BCUT2D eigenvalue weighted by atomic mass is 10.0.